The Morgan fingerprint density at radius 1 is 1.45 bits per heavy atom. The molecule has 0 fully saturated rings. The zero-order valence-electron chi connectivity index (χ0n) is 11.8. The molecule has 5 heteroatoms. The molecule has 0 aliphatic carbocycles. The molecule has 0 saturated carbocycles. The first-order valence-electron chi connectivity index (χ1n) is 6.71. The largest absolute Gasteiger partial charge is 0.366 e. The van der Waals surface area contributed by atoms with Gasteiger partial charge < -0.3 is 11.5 Å². The van der Waals surface area contributed by atoms with Gasteiger partial charge in [0.25, 0.3) is 5.91 Å². The van der Waals surface area contributed by atoms with Gasteiger partial charge in [0, 0.05) is 12.2 Å². The van der Waals surface area contributed by atoms with Crippen LogP contribution in [0.3, 0.4) is 0 Å². The molecule has 1 atom stereocenters. The van der Waals surface area contributed by atoms with Crippen molar-refractivity contribution < 1.29 is 4.79 Å². The molecule has 5 nitrogen and oxygen atoms in total. The molecular formula is C15H20N4O. The van der Waals surface area contributed by atoms with Crippen molar-refractivity contribution >= 4 is 5.91 Å². The van der Waals surface area contributed by atoms with E-state index in [-0.39, 0.29) is 6.04 Å². The Kier molecular flexibility index (Phi) is 4.20. The van der Waals surface area contributed by atoms with Crippen molar-refractivity contribution in [1.82, 2.24) is 9.78 Å². The number of hydrogen-bond acceptors (Lipinski definition) is 3. The van der Waals surface area contributed by atoms with Gasteiger partial charge in [-0.1, -0.05) is 19.1 Å². The Bertz CT molecular complexity index is 618. The minimum atomic E-state index is -0.473. The Labute approximate surface area is 118 Å². The SMILES string of the molecule is CCC(N)Cc1ccc(-n2cc(C(N)=O)cn2)c(C)c1. The fourth-order valence-corrected chi connectivity index (χ4v) is 2.13. The number of nitrogens with two attached hydrogens (primary N) is 2. The number of amides is 1. The van der Waals surface area contributed by atoms with E-state index in [1.807, 2.05) is 19.1 Å². The van der Waals surface area contributed by atoms with Crippen LogP contribution in [0, 0.1) is 6.92 Å². The first kappa shape index (κ1) is 14.3. The standard InChI is InChI=1S/C15H20N4O/c1-3-13(16)7-11-4-5-14(10(2)6-11)19-9-12(8-18-19)15(17)20/h4-6,8-9,13H,3,7,16H2,1-2H3,(H2,17,20). The van der Waals surface area contributed by atoms with Crippen molar-refractivity contribution in [3.63, 3.8) is 0 Å². The molecular weight excluding hydrogens is 252 g/mol. The van der Waals surface area contributed by atoms with E-state index in [1.165, 1.54) is 11.8 Å². The second-order valence-electron chi connectivity index (χ2n) is 5.03. The molecule has 0 saturated heterocycles. The summed E-state index contributed by atoms with van der Waals surface area (Å²) in [6.07, 6.45) is 4.94. The first-order valence-corrected chi connectivity index (χ1v) is 6.71. The average molecular weight is 272 g/mol. The minimum Gasteiger partial charge on any atom is -0.366 e. The third kappa shape index (κ3) is 3.05. The lowest BCUT2D eigenvalue weighted by molar-refractivity contribution is 0.100. The number of hydrogen-bond donors (Lipinski definition) is 2. The number of aromatic nitrogens is 2. The number of aryl methyl sites for hydroxylation is 1. The maximum atomic E-state index is 11.1. The van der Waals surface area contributed by atoms with Crippen LogP contribution in [0.2, 0.25) is 0 Å². The van der Waals surface area contributed by atoms with Crippen LogP contribution in [0.1, 0.15) is 34.8 Å². The molecule has 1 heterocycles. The predicted molar refractivity (Wildman–Crippen MR) is 78.8 cm³/mol. The van der Waals surface area contributed by atoms with Gasteiger partial charge in [-0.3, -0.25) is 4.79 Å². The van der Waals surface area contributed by atoms with Crippen LogP contribution in [-0.4, -0.2) is 21.7 Å². The van der Waals surface area contributed by atoms with Gasteiger partial charge >= 0.3 is 0 Å². The third-order valence-corrected chi connectivity index (χ3v) is 3.40. The van der Waals surface area contributed by atoms with Crippen molar-refractivity contribution in [1.29, 1.82) is 0 Å². The van der Waals surface area contributed by atoms with Gasteiger partial charge in [-0.2, -0.15) is 5.10 Å². The number of carbonyl (C=O) groups excluding carboxylic acids is 1. The maximum Gasteiger partial charge on any atom is 0.251 e. The molecule has 0 spiro atoms. The number of benzene rings is 1. The molecule has 0 bridgehead atoms. The number of primary amides is 1. The van der Waals surface area contributed by atoms with Crippen molar-refractivity contribution in [2.75, 3.05) is 0 Å². The lowest BCUT2D eigenvalue weighted by atomic mass is 10.0. The van der Waals surface area contributed by atoms with Gasteiger partial charge in [-0.05, 0) is 37.0 Å². The molecule has 106 valence electrons. The summed E-state index contributed by atoms with van der Waals surface area (Å²) < 4.78 is 1.67. The highest BCUT2D eigenvalue weighted by Crippen LogP contribution is 2.17. The van der Waals surface area contributed by atoms with E-state index < -0.39 is 5.91 Å². The van der Waals surface area contributed by atoms with E-state index in [0.717, 1.165) is 24.1 Å². The van der Waals surface area contributed by atoms with Crippen LogP contribution in [0.25, 0.3) is 5.69 Å². The van der Waals surface area contributed by atoms with Crippen molar-refractivity contribution in [2.45, 2.75) is 32.7 Å². The van der Waals surface area contributed by atoms with Crippen LogP contribution in [0.15, 0.2) is 30.6 Å². The normalized spacial score (nSPS) is 12.3. The summed E-state index contributed by atoms with van der Waals surface area (Å²) in [6, 6.07) is 6.33. The second-order valence-corrected chi connectivity index (χ2v) is 5.03. The molecule has 1 unspecified atom stereocenters. The molecule has 0 radical (unpaired) electrons. The molecule has 20 heavy (non-hydrogen) atoms. The smallest absolute Gasteiger partial charge is 0.251 e. The van der Waals surface area contributed by atoms with E-state index in [1.54, 1.807) is 10.9 Å². The van der Waals surface area contributed by atoms with Crippen LogP contribution in [0.4, 0.5) is 0 Å². The van der Waals surface area contributed by atoms with E-state index in [4.69, 9.17) is 11.5 Å². The summed E-state index contributed by atoms with van der Waals surface area (Å²) in [7, 11) is 0. The summed E-state index contributed by atoms with van der Waals surface area (Å²) in [5.41, 5.74) is 14.8. The van der Waals surface area contributed by atoms with Gasteiger partial charge in [0.1, 0.15) is 0 Å². The highest BCUT2D eigenvalue weighted by molar-refractivity contribution is 5.92. The van der Waals surface area contributed by atoms with E-state index in [2.05, 4.69) is 18.1 Å². The molecule has 1 amide bonds. The van der Waals surface area contributed by atoms with Gasteiger partial charge in [0.05, 0.1) is 17.4 Å². The molecule has 1 aromatic heterocycles. The Hall–Kier alpha value is -2.14. The molecule has 4 N–H and O–H groups in total. The molecule has 1 aromatic carbocycles. The van der Waals surface area contributed by atoms with Crippen molar-refractivity contribution in [3.8, 4) is 5.69 Å². The highest BCUT2D eigenvalue weighted by Gasteiger charge is 2.09. The Balaban J connectivity index is 2.26. The fourth-order valence-electron chi connectivity index (χ4n) is 2.13. The van der Waals surface area contributed by atoms with Crippen molar-refractivity contribution in [3.05, 3.63) is 47.3 Å². The van der Waals surface area contributed by atoms with E-state index >= 15 is 0 Å². The monoisotopic (exact) mass is 272 g/mol. The maximum absolute atomic E-state index is 11.1. The van der Waals surface area contributed by atoms with Crippen LogP contribution in [-0.2, 0) is 6.42 Å². The average Bonchev–Trinajstić information content (AvgIpc) is 2.88. The van der Waals surface area contributed by atoms with Crippen LogP contribution >= 0.6 is 0 Å². The number of carbonyl (C=O) groups is 1. The third-order valence-electron chi connectivity index (χ3n) is 3.40. The number of rotatable bonds is 5. The van der Waals surface area contributed by atoms with Crippen LogP contribution < -0.4 is 11.5 Å². The Morgan fingerprint density at radius 2 is 2.20 bits per heavy atom. The van der Waals surface area contributed by atoms with Gasteiger partial charge in [-0.15, -0.1) is 0 Å². The molecule has 2 aromatic rings. The molecule has 0 aliphatic heterocycles. The fraction of sp³-hybridized carbons (Fsp3) is 0.333. The quantitative estimate of drug-likeness (QED) is 0.866. The summed E-state index contributed by atoms with van der Waals surface area (Å²) in [5.74, 6) is -0.473. The zero-order valence-corrected chi connectivity index (χ0v) is 11.8. The van der Waals surface area contributed by atoms with Gasteiger partial charge in [0.2, 0.25) is 0 Å². The predicted octanol–water partition coefficient (Wildman–Crippen LogP) is 1.56. The zero-order chi connectivity index (χ0) is 14.7. The van der Waals surface area contributed by atoms with E-state index in [9.17, 15) is 4.79 Å². The first-order chi connectivity index (χ1) is 9.51. The topological polar surface area (TPSA) is 86.9 Å². The lowest BCUT2D eigenvalue weighted by Crippen LogP contribution is -2.21. The molecule has 0 aliphatic rings. The van der Waals surface area contributed by atoms with Crippen LogP contribution in [0.5, 0.6) is 0 Å². The summed E-state index contributed by atoms with van der Waals surface area (Å²) in [4.78, 5) is 11.1. The molecule has 2 rings (SSSR count). The summed E-state index contributed by atoms with van der Waals surface area (Å²) in [5, 5.41) is 4.17. The second kappa shape index (κ2) is 5.88. The Morgan fingerprint density at radius 3 is 2.75 bits per heavy atom. The summed E-state index contributed by atoms with van der Waals surface area (Å²) in [6.45, 7) is 4.10. The minimum absolute atomic E-state index is 0.186. The lowest BCUT2D eigenvalue weighted by Gasteiger charge is -2.11. The van der Waals surface area contributed by atoms with Gasteiger partial charge in [-0.25, -0.2) is 4.68 Å². The van der Waals surface area contributed by atoms with Gasteiger partial charge in [0.15, 0.2) is 0 Å². The van der Waals surface area contributed by atoms with Crippen molar-refractivity contribution in [2.24, 2.45) is 11.5 Å². The van der Waals surface area contributed by atoms with E-state index in [0.29, 0.717) is 5.56 Å². The summed E-state index contributed by atoms with van der Waals surface area (Å²) >= 11 is 0. The highest BCUT2D eigenvalue weighted by atomic mass is 16.1. The number of nitrogens with zero attached hydrogens (tertiary/aromatic N) is 2.